The summed E-state index contributed by atoms with van der Waals surface area (Å²) in [6.07, 6.45) is 5.22. The lowest BCUT2D eigenvalue weighted by Crippen LogP contribution is -2.35. The number of rotatable bonds is 4. The molecule has 2 unspecified atom stereocenters. The predicted molar refractivity (Wildman–Crippen MR) is 81.2 cm³/mol. The van der Waals surface area contributed by atoms with E-state index in [-0.39, 0.29) is 11.4 Å². The Labute approximate surface area is 121 Å². The van der Waals surface area contributed by atoms with Crippen LogP contribution >= 0.6 is 0 Å². The number of anilines is 1. The van der Waals surface area contributed by atoms with Crippen molar-refractivity contribution in [3.63, 3.8) is 0 Å². The van der Waals surface area contributed by atoms with Crippen molar-refractivity contribution in [1.29, 1.82) is 0 Å². The number of pyridine rings is 1. The number of halogens is 1. The standard InChI is InChI=1S/C16H26FN3/c1-11-6-5-7-13(11)20-15-14(17)12(8-9-18-15)10-19-16(2,3)4/h8-9,11,13,19H,5-7,10H2,1-4H3,(H,18,20). The first-order valence-electron chi connectivity index (χ1n) is 7.52. The summed E-state index contributed by atoms with van der Waals surface area (Å²) in [5.41, 5.74) is 0.645. The van der Waals surface area contributed by atoms with Gasteiger partial charge >= 0.3 is 0 Å². The third-order valence-corrected chi connectivity index (χ3v) is 3.96. The maximum absolute atomic E-state index is 14.5. The normalized spacial score (nSPS) is 23.1. The highest BCUT2D eigenvalue weighted by molar-refractivity contribution is 5.41. The van der Waals surface area contributed by atoms with Gasteiger partial charge in [-0.1, -0.05) is 13.3 Å². The Morgan fingerprint density at radius 3 is 2.70 bits per heavy atom. The lowest BCUT2D eigenvalue weighted by Gasteiger charge is -2.22. The van der Waals surface area contributed by atoms with Crippen molar-refractivity contribution in [1.82, 2.24) is 10.3 Å². The van der Waals surface area contributed by atoms with E-state index in [0.717, 1.165) is 6.42 Å². The summed E-state index contributed by atoms with van der Waals surface area (Å²) in [6, 6.07) is 2.10. The van der Waals surface area contributed by atoms with Crippen molar-refractivity contribution in [2.24, 2.45) is 5.92 Å². The third kappa shape index (κ3) is 3.92. The van der Waals surface area contributed by atoms with Crippen LogP contribution in [0, 0.1) is 11.7 Å². The maximum Gasteiger partial charge on any atom is 0.169 e. The minimum Gasteiger partial charge on any atom is -0.365 e. The maximum atomic E-state index is 14.5. The van der Waals surface area contributed by atoms with Crippen molar-refractivity contribution in [2.75, 3.05) is 5.32 Å². The first kappa shape index (κ1) is 15.2. The van der Waals surface area contributed by atoms with Crippen LogP contribution < -0.4 is 10.6 Å². The summed E-state index contributed by atoms with van der Waals surface area (Å²) >= 11 is 0. The zero-order valence-electron chi connectivity index (χ0n) is 13.0. The molecule has 2 atom stereocenters. The smallest absolute Gasteiger partial charge is 0.169 e. The van der Waals surface area contributed by atoms with Crippen molar-refractivity contribution in [3.05, 3.63) is 23.6 Å². The zero-order chi connectivity index (χ0) is 14.8. The van der Waals surface area contributed by atoms with E-state index in [0.29, 0.717) is 29.9 Å². The van der Waals surface area contributed by atoms with Gasteiger partial charge in [0, 0.05) is 29.9 Å². The lowest BCUT2D eigenvalue weighted by atomic mass is 10.1. The van der Waals surface area contributed by atoms with Gasteiger partial charge in [-0.15, -0.1) is 0 Å². The molecule has 0 radical (unpaired) electrons. The summed E-state index contributed by atoms with van der Waals surface area (Å²) in [5.74, 6) is 0.771. The molecule has 2 N–H and O–H groups in total. The average molecular weight is 279 g/mol. The van der Waals surface area contributed by atoms with Crippen LogP contribution in [0.25, 0.3) is 0 Å². The van der Waals surface area contributed by atoms with Crippen LogP contribution in [0.3, 0.4) is 0 Å². The second kappa shape index (κ2) is 6.08. The second-order valence-electron chi connectivity index (χ2n) is 6.90. The zero-order valence-corrected chi connectivity index (χ0v) is 13.0. The van der Waals surface area contributed by atoms with E-state index < -0.39 is 0 Å². The highest BCUT2D eigenvalue weighted by Gasteiger charge is 2.24. The molecule has 1 fully saturated rings. The van der Waals surface area contributed by atoms with Crippen LogP contribution in [-0.4, -0.2) is 16.6 Å². The molecule has 1 aliphatic rings. The first-order valence-corrected chi connectivity index (χ1v) is 7.52. The Morgan fingerprint density at radius 2 is 2.10 bits per heavy atom. The largest absolute Gasteiger partial charge is 0.365 e. The molecule has 3 nitrogen and oxygen atoms in total. The first-order chi connectivity index (χ1) is 9.37. The van der Waals surface area contributed by atoms with Gasteiger partial charge in [0.2, 0.25) is 0 Å². The van der Waals surface area contributed by atoms with E-state index in [1.54, 1.807) is 12.3 Å². The second-order valence-corrected chi connectivity index (χ2v) is 6.90. The minimum absolute atomic E-state index is 0.0245. The fourth-order valence-electron chi connectivity index (χ4n) is 2.62. The molecule has 20 heavy (non-hydrogen) atoms. The molecule has 4 heteroatoms. The van der Waals surface area contributed by atoms with Gasteiger partial charge < -0.3 is 10.6 Å². The molecular weight excluding hydrogens is 253 g/mol. The van der Waals surface area contributed by atoms with Gasteiger partial charge in [-0.05, 0) is 45.6 Å². The summed E-state index contributed by atoms with van der Waals surface area (Å²) in [6.45, 7) is 8.96. The average Bonchev–Trinajstić information content (AvgIpc) is 2.75. The summed E-state index contributed by atoms with van der Waals surface area (Å²) in [4.78, 5) is 4.17. The highest BCUT2D eigenvalue weighted by atomic mass is 19.1. The summed E-state index contributed by atoms with van der Waals surface area (Å²) in [7, 11) is 0. The van der Waals surface area contributed by atoms with Gasteiger partial charge in [0.1, 0.15) is 0 Å². The van der Waals surface area contributed by atoms with Crippen LogP contribution in [0.4, 0.5) is 10.2 Å². The fraction of sp³-hybridized carbons (Fsp3) is 0.688. The van der Waals surface area contributed by atoms with Gasteiger partial charge in [-0.25, -0.2) is 9.37 Å². The molecule has 2 rings (SSSR count). The molecule has 1 aliphatic carbocycles. The van der Waals surface area contributed by atoms with Gasteiger partial charge in [0.05, 0.1) is 0 Å². The molecule has 0 spiro atoms. The molecule has 0 aromatic carbocycles. The van der Waals surface area contributed by atoms with Gasteiger partial charge in [0.15, 0.2) is 11.6 Å². The molecule has 112 valence electrons. The van der Waals surface area contributed by atoms with Crippen molar-refractivity contribution >= 4 is 5.82 Å². The van der Waals surface area contributed by atoms with Crippen LogP contribution in [-0.2, 0) is 6.54 Å². The number of aromatic nitrogens is 1. The number of hydrogen-bond donors (Lipinski definition) is 2. The number of nitrogens with zero attached hydrogens (tertiary/aromatic N) is 1. The Balaban J connectivity index is 2.07. The van der Waals surface area contributed by atoms with Gasteiger partial charge in [0.25, 0.3) is 0 Å². The lowest BCUT2D eigenvalue weighted by molar-refractivity contribution is 0.418. The van der Waals surface area contributed by atoms with Gasteiger partial charge in [-0.3, -0.25) is 0 Å². The fourth-order valence-corrected chi connectivity index (χ4v) is 2.62. The van der Waals surface area contributed by atoms with E-state index in [1.165, 1.54) is 12.8 Å². The van der Waals surface area contributed by atoms with E-state index in [2.05, 4.69) is 43.3 Å². The van der Waals surface area contributed by atoms with Crippen molar-refractivity contribution in [3.8, 4) is 0 Å². The molecule has 0 aliphatic heterocycles. The van der Waals surface area contributed by atoms with Gasteiger partial charge in [-0.2, -0.15) is 0 Å². The molecule has 1 aromatic heterocycles. The molecule has 0 bridgehead atoms. The van der Waals surface area contributed by atoms with E-state index in [4.69, 9.17) is 0 Å². The SMILES string of the molecule is CC1CCCC1Nc1nccc(CNC(C)(C)C)c1F. The quantitative estimate of drug-likeness (QED) is 0.882. The Kier molecular flexibility index (Phi) is 4.63. The van der Waals surface area contributed by atoms with Crippen LogP contribution in [0.2, 0.25) is 0 Å². The van der Waals surface area contributed by atoms with Crippen molar-refractivity contribution in [2.45, 2.75) is 65.1 Å². The molecule has 1 saturated carbocycles. The molecule has 1 aromatic rings. The summed E-state index contributed by atoms with van der Waals surface area (Å²) < 4.78 is 14.5. The Morgan fingerprint density at radius 1 is 1.35 bits per heavy atom. The molecule has 1 heterocycles. The Hall–Kier alpha value is -1.16. The van der Waals surface area contributed by atoms with Crippen LogP contribution in [0.1, 0.15) is 52.5 Å². The van der Waals surface area contributed by atoms with E-state index in [9.17, 15) is 4.39 Å². The van der Waals surface area contributed by atoms with Crippen LogP contribution in [0.15, 0.2) is 12.3 Å². The van der Waals surface area contributed by atoms with Crippen LogP contribution in [0.5, 0.6) is 0 Å². The third-order valence-electron chi connectivity index (χ3n) is 3.96. The highest BCUT2D eigenvalue weighted by Crippen LogP contribution is 2.28. The molecule has 0 amide bonds. The minimum atomic E-state index is -0.219. The number of nitrogens with one attached hydrogen (secondary N) is 2. The predicted octanol–water partition coefficient (Wildman–Crippen LogP) is 3.71. The molecular formula is C16H26FN3. The van der Waals surface area contributed by atoms with Crippen molar-refractivity contribution < 1.29 is 4.39 Å². The number of hydrogen-bond acceptors (Lipinski definition) is 3. The molecule has 0 saturated heterocycles. The monoisotopic (exact) mass is 279 g/mol. The summed E-state index contributed by atoms with van der Waals surface area (Å²) in [5, 5.41) is 6.60. The Bertz CT molecular complexity index is 454. The van der Waals surface area contributed by atoms with E-state index >= 15 is 0 Å². The van der Waals surface area contributed by atoms with E-state index in [1.807, 2.05) is 0 Å². The topological polar surface area (TPSA) is 37.0 Å².